The van der Waals surface area contributed by atoms with Gasteiger partial charge in [0.2, 0.25) is 3.79 Å². The molecule has 0 fully saturated rings. The molecule has 0 unspecified atom stereocenters. The number of amides is 1. The Morgan fingerprint density at radius 2 is 2.06 bits per heavy atom. The Hall–Kier alpha value is -0.420. The highest BCUT2D eigenvalue weighted by Gasteiger charge is 2.22. The van der Waals surface area contributed by atoms with Crippen LogP contribution in [0.3, 0.4) is 0 Å². The molecule has 0 saturated carbocycles. The number of carbonyl (C=O) groups is 1. The molecule has 4 nitrogen and oxygen atoms in total. The molecular formula is C10H12Cl4N2O2. The van der Waals surface area contributed by atoms with E-state index in [9.17, 15) is 4.79 Å². The summed E-state index contributed by atoms with van der Waals surface area (Å²) in [6.45, 7) is 3.66. The van der Waals surface area contributed by atoms with Crippen LogP contribution in [0.25, 0.3) is 0 Å². The molecule has 0 aliphatic carbocycles. The molecule has 1 heterocycles. The third-order valence-electron chi connectivity index (χ3n) is 1.34. The van der Waals surface area contributed by atoms with Crippen molar-refractivity contribution in [3.05, 3.63) is 23.5 Å². The van der Waals surface area contributed by atoms with Crippen molar-refractivity contribution >= 4 is 58.2 Å². The van der Waals surface area contributed by atoms with E-state index >= 15 is 0 Å². The van der Waals surface area contributed by atoms with Gasteiger partial charge in [-0.1, -0.05) is 60.3 Å². The zero-order valence-electron chi connectivity index (χ0n) is 9.71. The largest absolute Gasteiger partial charge is 0.445 e. The van der Waals surface area contributed by atoms with Crippen molar-refractivity contribution < 1.29 is 9.53 Å². The van der Waals surface area contributed by atoms with Crippen LogP contribution < -0.4 is 5.32 Å². The van der Waals surface area contributed by atoms with E-state index in [-0.39, 0.29) is 11.8 Å². The van der Waals surface area contributed by atoms with E-state index in [2.05, 4.69) is 15.0 Å². The van der Waals surface area contributed by atoms with Gasteiger partial charge in [0.15, 0.2) is 0 Å². The third kappa shape index (κ3) is 8.64. The topological polar surface area (TPSA) is 51.2 Å². The average Bonchev–Trinajstić information content (AvgIpc) is 2.28. The molecule has 1 aromatic rings. The Kier molecular flexibility index (Phi) is 8.44. The van der Waals surface area contributed by atoms with Gasteiger partial charge in [0.25, 0.3) is 0 Å². The fourth-order valence-electron chi connectivity index (χ4n) is 0.782. The van der Waals surface area contributed by atoms with Gasteiger partial charge in [-0.25, -0.2) is 9.78 Å². The van der Waals surface area contributed by atoms with Crippen molar-refractivity contribution in [2.45, 2.75) is 17.6 Å². The van der Waals surface area contributed by atoms with E-state index < -0.39 is 9.89 Å². The number of ether oxygens (including phenoxy) is 1. The molecule has 1 amide bonds. The summed E-state index contributed by atoms with van der Waals surface area (Å²) in [4.78, 5) is 14.9. The molecule has 1 N–H and O–H groups in total. The smallest absolute Gasteiger partial charge is 0.411 e. The van der Waals surface area contributed by atoms with Crippen molar-refractivity contribution in [1.82, 2.24) is 4.98 Å². The number of hydrogen-bond acceptors (Lipinski definition) is 3. The molecular weight excluding hydrogens is 322 g/mol. The fourth-order valence-corrected chi connectivity index (χ4v) is 1.12. The van der Waals surface area contributed by atoms with Gasteiger partial charge in [-0.15, -0.1) is 0 Å². The number of rotatable bonds is 2. The zero-order valence-corrected chi connectivity index (χ0v) is 12.7. The Morgan fingerprint density at radius 1 is 1.44 bits per heavy atom. The van der Waals surface area contributed by atoms with Crippen LogP contribution in [-0.4, -0.2) is 21.5 Å². The minimum Gasteiger partial charge on any atom is -0.445 e. The lowest BCUT2D eigenvalue weighted by Crippen LogP contribution is -2.21. The molecule has 0 atom stereocenters. The summed E-state index contributed by atoms with van der Waals surface area (Å²) in [5, 5.41) is 2.64. The SMILES string of the molecule is CC.O=C(Nc1ccnc(Cl)c1)OCC(Cl)(Cl)Cl. The summed E-state index contributed by atoms with van der Waals surface area (Å²) < 4.78 is 3.01. The van der Waals surface area contributed by atoms with Crippen LogP contribution in [-0.2, 0) is 4.74 Å². The van der Waals surface area contributed by atoms with Crippen LogP contribution in [0.2, 0.25) is 5.15 Å². The molecule has 8 heteroatoms. The number of hydrogen-bond donors (Lipinski definition) is 1. The molecule has 0 saturated heterocycles. The molecule has 1 rings (SSSR count). The van der Waals surface area contributed by atoms with Gasteiger partial charge >= 0.3 is 6.09 Å². The molecule has 0 aliphatic heterocycles. The first-order valence-electron chi connectivity index (χ1n) is 4.99. The van der Waals surface area contributed by atoms with Gasteiger partial charge in [0.05, 0.1) is 0 Å². The highest BCUT2D eigenvalue weighted by atomic mass is 35.6. The molecule has 18 heavy (non-hydrogen) atoms. The van der Waals surface area contributed by atoms with Gasteiger partial charge < -0.3 is 4.74 Å². The predicted molar refractivity (Wildman–Crippen MR) is 75.9 cm³/mol. The van der Waals surface area contributed by atoms with Crippen molar-refractivity contribution in [2.75, 3.05) is 11.9 Å². The van der Waals surface area contributed by atoms with Crippen LogP contribution in [0.15, 0.2) is 18.3 Å². The number of aromatic nitrogens is 1. The van der Waals surface area contributed by atoms with Gasteiger partial charge in [-0.05, 0) is 12.1 Å². The summed E-state index contributed by atoms with van der Waals surface area (Å²) in [7, 11) is 0. The molecule has 0 spiro atoms. The Bertz CT molecular complexity index is 382. The van der Waals surface area contributed by atoms with Gasteiger partial charge in [-0.3, -0.25) is 5.32 Å². The van der Waals surface area contributed by atoms with E-state index in [1.807, 2.05) is 13.8 Å². The van der Waals surface area contributed by atoms with Crippen molar-refractivity contribution in [1.29, 1.82) is 0 Å². The first kappa shape index (κ1) is 17.6. The second kappa shape index (κ2) is 8.64. The zero-order chi connectivity index (χ0) is 14.2. The maximum atomic E-state index is 11.2. The second-order valence-electron chi connectivity index (χ2n) is 2.68. The highest BCUT2D eigenvalue weighted by Crippen LogP contribution is 2.26. The normalized spacial score (nSPS) is 10.1. The standard InChI is InChI=1S/C8H6Cl4N2O2.C2H6/c9-6-3-5(1-2-13-6)14-7(15)16-4-8(10,11)12;1-2/h1-3H,4H2,(H,13,14,15);1-2H3. The summed E-state index contributed by atoms with van der Waals surface area (Å²) in [6, 6.07) is 3.00. The lowest BCUT2D eigenvalue weighted by Gasteiger charge is -2.11. The van der Waals surface area contributed by atoms with Crippen LogP contribution in [0, 0.1) is 0 Å². The van der Waals surface area contributed by atoms with E-state index in [1.54, 1.807) is 6.07 Å². The fraction of sp³-hybridized carbons (Fsp3) is 0.400. The maximum Gasteiger partial charge on any atom is 0.411 e. The summed E-state index contributed by atoms with van der Waals surface area (Å²) >= 11 is 21.8. The number of nitrogens with one attached hydrogen (secondary N) is 1. The minimum atomic E-state index is -1.63. The second-order valence-corrected chi connectivity index (χ2v) is 5.59. The summed E-state index contributed by atoms with van der Waals surface area (Å²) in [5.41, 5.74) is 0.439. The summed E-state index contributed by atoms with van der Waals surface area (Å²) in [5.74, 6) is 0. The molecule has 0 aromatic carbocycles. The number of alkyl halides is 3. The monoisotopic (exact) mass is 332 g/mol. The third-order valence-corrected chi connectivity index (χ3v) is 1.87. The molecule has 1 aromatic heterocycles. The highest BCUT2D eigenvalue weighted by molar-refractivity contribution is 6.67. The molecule has 0 bridgehead atoms. The van der Waals surface area contributed by atoms with Gasteiger partial charge in [0.1, 0.15) is 11.8 Å². The van der Waals surface area contributed by atoms with Crippen LogP contribution in [0.4, 0.5) is 10.5 Å². The Morgan fingerprint density at radius 3 is 2.56 bits per heavy atom. The van der Waals surface area contributed by atoms with E-state index in [4.69, 9.17) is 46.4 Å². The predicted octanol–water partition coefficient (Wildman–Crippen LogP) is 4.68. The van der Waals surface area contributed by atoms with E-state index in [0.29, 0.717) is 5.69 Å². The number of halogens is 4. The average molecular weight is 334 g/mol. The molecule has 102 valence electrons. The number of carbonyl (C=O) groups excluding carboxylic acids is 1. The van der Waals surface area contributed by atoms with E-state index in [0.717, 1.165) is 0 Å². The number of pyridine rings is 1. The Labute approximate surface area is 126 Å². The van der Waals surface area contributed by atoms with Crippen LogP contribution in [0.5, 0.6) is 0 Å². The lowest BCUT2D eigenvalue weighted by atomic mass is 10.4. The van der Waals surface area contributed by atoms with Gasteiger partial charge in [-0.2, -0.15) is 0 Å². The van der Waals surface area contributed by atoms with Gasteiger partial charge in [0, 0.05) is 11.9 Å². The van der Waals surface area contributed by atoms with Crippen molar-refractivity contribution in [2.24, 2.45) is 0 Å². The minimum absolute atomic E-state index is 0.249. The van der Waals surface area contributed by atoms with Crippen molar-refractivity contribution in [3.63, 3.8) is 0 Å². The Balaban J connectivity index is 0.00000137. The molecule has 0 aliphatic rings. The number of nitrogens with zero attached hydrogens (tertiary/aromatic N) is 1. The lowest BCUT2D eigenvalue weighted by molar-refractivity contribution is 0.164. The quantitative estimate of drug-likeness (QED) is 0.631. The number of anilines is 1. The first-order chi connectivity index (χ1) is 8.37. The summed E-state index contributed by atoms with van der Waals surface area (Å²) in [6.07, 6.45) is 0.695. The maximum absolute atomic E-state index is 11.2. The van der Waals surface area contributed by atoms with Crippen molar-refractivity contribution in [3.8, 4) is 0 Å². The van der Waals surface area contributed by atoms with Crippen LogP contribution in [0.1, 0.15) is 13.8 Å². The van der Waals surface area contributed by atoms with Crippen LogP contribution >= 0.6 is 46.4 Å². The first-order valence-corrected chi connectivity index (χ1v) is 6.50. The molecule has 0 radical (unpaired) electrons. The van der Waals surface area contributed by atoms with E-state index in [1.165, 1.54) is 12.3 Å².